The van der Waals surface area contributed by atoms with Gasteiger partial charge in [0.1, 0.15) is 0 Å². The third-order valence-electron chi connectivity index (χ3n) is 2.75. The Morgan fingerprint density at radius 1 is 1.38 bits per heavy atom. The lowest BCUT2D eigenvalue weighted by Gasteiger charge is -2.14. The minimum Gasteiger partial charge on any atom is -0.295 e. The number of rotatable bonds is 3. The number of nitrogens with zero attached hydrogens (tertiary/aromatic N) is 4. The van der Waals surface area contributed by atoms with E-state index in [2.05, 4.69) is 10.3 Å². The average molecular weight is 358 g/mol. The second-order valence-corrected chi connectivity index (χ2v) is 5.76. The molecule has 1 aromatic carbocycles. The molecule has 6 nitrogen and oxygen atoms in total. The smallest absolute Gasteiger partial charge is 0.295 e. The van der Waals surface area contributed by atoms with E-state index < -0.39 is 17.8 Å². The van der Waals surface area contributed by atoms with Crippen molar-refractivity contribution in [1.29, 1.82) is 0 Å². The Bertz CT molecular complexity index is 732. The molecule has 0 radical (unpaired) electrons. The van der Waals surface area contributed by atoms with Gasteiger partial charge < -0.3 is 0 Å². The highest BCUT2D eigenvalue weighted by atomic mass is 32.2. The number of aromatic nitrogens is 2. The summed E-state index contributed by atoms with van der Waals surface area (Å²) in [6.07, 6.45) is -2.12. The molecule has 0 aliphatic carbocycles. The van der Waals surface area contributed by atoms with Crippen LogP contribution in [0.5, 0.6) is 0 Å². The van der Waals surface area contributed by atoms with Gasteiger partial charge in [-0.05, 0) is 43.1 Å². The molecule has 0 fully saturated rings. The van der Waals surface area contributed by atoms with Gasteiger partial charge in [0, 0.05) is 24.3 Å². The molecule has 0 aliphatic rings. The topological polar surface area (TPSA) is 59.7 Å². The van der Waals surface area contributed by atoms with Crippen molar-refractivity contribution in [3.63, 3.8) is 0 Å². The molecule has 0 saturated carbocycles. The van der Waals surface area contributed by atoms with Crippen LogP contribution in [0.25, 0.3) is 0 Å². The van der Waals surface area contributed by atoms with Crippen molar-refractivity contribution in [2.75, 3.05) is 7.05 Å². The summed E-state index contributed by atoms with van der Waals surface area (Å²) in [7, 11) is 1.37. The van der Waals surface area contributed by atoms with Crippen LogP contribution >= 0.6 is 11.9 Å². The van der Waals surface area contributed by atoms with E-state index in [-0.39, 0.29) is 4.90 Å². The summed E-state index contributed by atoms with van der Waals surface area (Å²) in [6, 6.07) is 6.32. The molecule has 1 heterocycles. The van der Waals surface area contributed by atoms with Crippen molar-refractivity contribution in [1.82, 2.24) is 14.1 Å². The largest absolute Gasteiger partial charge is 0.446 e. The monoisotopic (exact) mass is 358 g/mol. The highest BCUT2D eigenvalue weighted by Crippen LogP contribution is 2.32. The number of alkyl halides is 3. The third kappa shape index (κ3) is 4.75. The van der Waals surface area contributed by atoms with Crippen molar-refractivity contribution in [2.45, 2.75) is 18.0 Å². The summed E-state index contributed by atoms with van der Waals surface area (Å²) < 4.78 is 40.4. The van der Waals surface area contributed by atoms with E-state index in [0.717, 1.165) is 28.4 Å². The molecule has 2 rings (SSSR count). The first-order valence-electron chi connectivity index (χ1n) is 6.62. The fraction of sp³-hybridized carbons (Fsp3) is 0.214. The maximum Gasteiger partial charge on any atom is 0.446 e. The predicted octanol–water partition coefficient (Wildman–Crippen LogP) is 3.86. The van der Waals surface area contributed by atoms with Crippen molar-refractivity contribution in [2.24, 2.45) is 5.16 Å². The Morgan fingerprint density at radius 2 is 2.12 bits per heavy atom. The summed E-state index contributed by atoms with van der Waals surface area (Å²) in [5.41, 5.74) is -0.790. The van der Waals surface area contributed by atoms with Crippen LogP contribution in [0.2, 0.25) is 0 Å². The standard InChI is InChI=1S/C14H13F3N4O2S/c1-10(21-8-4-7-18-21)19-23-13(22)20(2)24-12-6-3-5-11(9-12)14(15,16)17/h3-9H,1-2H3. The molecule has 0 spiro atoms. The van der Waals surface area contributed by atoms with Crippen LogP contribution in [0.1, 0.15) is 12.5 Å². The Kier molecular flexibility index (Phi) is 5.50. The van der Waals surface area contributed by atoms with Crippen LogP contribution in [0.3, 0.4) is 0 Å². The van der Waals surface area contributed by atoms with E-state index in [4.69, 9.17) is 4.84 Å². The minimum absolute atomic E-state index is 0.247. The fourth-order valence-corrected chi connectivity index (χ4v) is 2.33. The van der Waals surface area contributed by atoms with Gasteiger partial charge in [-0.3, -0.25) is 4.84 Å². The third-order valence-corrected chi connectivity index (χ3v) is 3.64. The average Bonchev–Trinajstić information content (AvgIpc) is 3.06. The van der Waals surface area contributed by atoms with Gasteiger partial charge in [0.25, 0.3) is 0 Å². The number of benzene rings is 1. The zero-order valence-electron chi connectivity index (χ0n) is 12.7. The number of hydrogen-bond donors (Lipinski definition) is 0. The molecule has 1 aromatic heterocycles. The number of halogens is 3. The highest BCUT2D eigenvalue weighted by Gasteiger charge is 2.30. The second-order valence-electron chi connectivity index (χ2n) is 4.56. The highest BCUT2D eigenvalue weighted by molar-refractivity contribution is 7.97. The van der Waals surface area contributed by atoms with Crippen molar-refractivity contribution in [3.05, 3.63) is 48.3 Å². The molecule has 128 valence electrons. The predicted molar refractivity (Wildman–Crippen MR) is 82.3 cm³/mol. The zero-order valence-corrected chi connectivity index (χ0v) is 13.5. The van der Waals surface area contributed by atoms with E-state index in [1.165, 1.54) is 30.1 Å². The van der Waals surface area contributed by atoms with Gasteiger partial charge in [-0.25, -0.2) is 13.8 Å². The molecule has 24 heavy (non-hydrogen) atoms. The first-order chi connectivity index (χ1) is 11.3. The lowest BCUT2D eigenvalue weighted by molar-refractivity contribution is -0.137. The number of carbonyl (C=O) groups excluding carboxylic acids is 1. The first kappa shape index (κ1) is 17.9. The van der Waals surface area contributed by atoms with Crippen LogP contribution in [0, 0.1) is 0 Å². The summed E-state index contributed by atoms with van der Waals surface area (Å²) >= 11 is 0.798. The molecule has 2 aromatic rings. The maximum atomic E-state index is 12.7. The Labute approximate surface area is 140 Å². The maximum absolute atomic E-state index is 12.7. The quantitative estimate of drug-likeness (QED) is 0.275. The lowest BCUT2D eigenvalue weighted by Crippen LogP contribution is -2.20. The van der Waals surface area contributed by atoms with Crippen LogP contribution < -0.4 is 0 Å². The van der Waals surface area contributed by atoms with Crippen LogP contribution in [0.15, 0.2) is 52.8 Å². The lowest BCUT2D eigenvalue weighted by atomic mass is 10.2. The number of hydrogen-bond acceptors (Lipinski definition) is 5. The van der Waals surface area contributed by atoms with Gasteiger partial charge >= 0.3 is 12.3 Å². The van der Waals surface area contributed by atoms with Crippen LogP contribution in [-0.4, -0.2) is 33.1 Å². The Balaban J connectivity index is 1.98. The number of oxime groups is 1. The fourth-order valence-electron chi connectivity index (χ4n) is 1.59. The van der Waals surface area contributed by atoms with Crippen molar-refractivity contribution >= 4 is 23.9 Å². The zero-order chi connectivity index (χ0) is 17.7. The molecule has 0 unspecified atom stereocenters. The Morgan fingerprint density at radius 3 is 2.75 bits per heavy atom. The van der Waals surface area contributed by atoms with Crippen molar-refractivity contribution < 1.29 is 22.8 Å². The summed E-state index contributed by atoms with van der Waals surface area (Å²) in [6.45, 7) is 1.58. The van der Waals surface area contributed by atoms with E-state index in [1.807, 2.05) is 0 Å². The second kappa shape index (κ2) is 7.39. The minimum atomic E-state index is -4.44. The van der Waals surface area contributed by atoms with Gasteiger partial charge in [0.15, 0.2) is 5.84 Å². The SMILES string of the molecule is CC(=NOC(=O)N(C)Sc1cccc(C(F)(F)F)c1)n1cccn1. The van der Waals surface area contributed by atoms with Gasteiger partial charge in [0.05, 0.1) is 5.56 Å². The number of amides is 1. The summed E-state index contributed by atoms with van der Waals surface area (Å²) in [5.74, 6) is 0.325. The number of carbonyl (C=O) groups is 1. The van der Waals surface area contributed by atoms with E-state index in [0.29, 0.717) is 5.84 Å². The summed E-state index contributed by atoms with van der Waals surface area (Å²) in [5, 5.41) is 7.53. The van der Waals surface area contributed by atoms with Gasteiger partial charge in [0.2, 0.25) is 0 Å². The molecular formula is C14H13F3N4O2S. The van der Waals surface area contributed by atoms with Gasteiger partial charge in [-0.2, -0.15) is 18.3 Å². The van der Waals surface area contributed by atoms with Crippen molar-refractivity contribution in [3.8, 4) is 0 Å². The molecule has 0 saturated heterocycles. The molecule has 0 aliphatic heterocycles. The molecular weight excluding hydrogens is 345 g/mol. The molecule has 0 bridgehead atoms. The van der Waals surface area contributed by atoms with Gasteiger partial charge in [-0.1, -0.05) is 11.2 Å². The van der Waals surface area contributed by atoms with E-state index >= 15 is 0 Å². The van der Waals surface area contributed by atoms with E-state index in [1.54, 1.807) is 19.2 Å². The first-order valence-corrected chi connectivity index (χ1v) is 7.39. The Hall–Kier alpha value is -2.49. The molecule has 0 atom stereocenters. The summed E-state index contributed by atoms with van der Waals surface area (Å²) in [4.78, 5) is 16.8. The van der Waals surface area contributed by atoms with Gasteiger partial charge in [-0.15, -0.1) is 0 Å². The molecule has 1 amide bonds. The van der Waals surface area contributed by atoms with Crippen LogP contribution in [-0.2, 0) is 11.0 Å². The van der Waals surface area contributed by atoms with E-state index in [9.17, 15) is 18.0 Å². The van der Waals surface area contributed by atoms with Crippen LogP contribution in [0.4, 0.5) is 18.0 Å². The molecule has 0 N–H and O–H groups in total. The molecule has 10 heteroatoms. The normalized spacial score (nSPS) is 12.1.